The fraction of sp³-hybridized carbons (Fsp3) is 0.435. The normalized spacial score (nSPS) is 18.2. The Balaban J connectivity index is 1.41. The van der Waals surface area contributed by atoms with Crippen molar-refractivity contribution in [1.29, 1.82) is 0 Å². The van der Waals surface area contributed by atoms with Crippen LogP contribution in [0.1, 0.15) is 39.4 Å². The zero-order valence-corrected chi connectivity index (χ0v) is 18.2. The summed E-state index contributed by atoms with van der Waals surface area (Å²) in [5.41, 5.74) is 0.777. The zero-order valence-electron chi connectivity index (χ0n) is 17.4. The molecule has 1 aromatic heterocycles. The van der Waals surface area contributed by atoms with Crippen LogP contribution in [0.4, 0.5) is 0 Å². The number of rotatable bonds is 6. The number of fused-ring (bicyclic) bond motifs is 1. The van der Waals surface area contributed by atoms with Crippen LogP contribution in [0, 0.1) is 5.92 Å². The first kappa shape index (κ1) is 20.8. The van der Waals surface area contributed by atoms with E-state index >= 15 is 0 Å². The van der Waals surface area contributed by atoms with Gasteiger partial charge in [0.25, 0.3) is 11.8 Å². The number of nitrogens with zero attached hydrogens (tertiary/aromatic N) is 3. The first-order chi connectivity index (χ1) is 14.5. The Bertz CT molecular complexity index is 898. The van der Waals surface area contributed by atoms with E-state index in [1.165, 1.54) is 9.78 Å². The molecule has 0 N–H and O–H groups in total. The number of hydrogen-bond acceptors (Lipinski definition) is 5. The van der Waals surface area contributed by atoms with Crippen LogP contribution >= 0.6 is 11.3 Å². The molecule has 1 atom stereocenters. The number of carbonyl (C=O) groups is 3. The summed E-state index contributed by atoms with van der Waals surface area (Å²) in [6.07, 6.45) is 1.02. The fourth-order valence-electron chi connectivity index (χ4n) is 4.26. The second kappa shape index (κ2) is 8.70. The predicted molar refractivity (Wildman–Crippen MR) is 117 cm³/mol. The van der Waals surface area contributed by atoms with Crippen molar-refractivity contribution in [3.63, 3.8) is 0 Å². The first-order valence-corrected chi connectivity index (χ1v) is 11.4. The second-order valence-electron chi connectivity index (χ2n) is 8.21. The van der Waals surface area contributed by atoms with Gasteiger partial charge in [-0.2, -0.15) is 0 Å². The molecule has 2 aliphatic heterocycles. The van der Waals surface area contributed by atoms with Gasteiger partial charge in [-0.05, 0) is 35.9 Å². The molecule has 3 amide bonds. The monoisotopic (exact) mass is 425 g/mol. The van der Waals surface area contributed by atoms with E-state index in [0.29, 0.717) is 24.2 Å². The average molecular weight is 426 g/mol. The highest BCUT2D eigenvalue weighted by atomic mass is 32.1. The van der Waals surface area contributed by atoms with Gasteiger partial charge in [-0.3, -0.25) is 24.2 Å². The molecule has 0 radical (unpaired) electrons. The summed E-state index contributed by atoms with van der Waals surface area (Å²) < 4.78 is 0. The minimum absolute atomic E-state index is 0.127. The third kappa shape index (κ3) is 3.91. The average Bonchev–Trinajstić information content (AvgIpc) is 3.36. The van der Waals surface area contributed by atoms with Gasteiger partial charge in [0.15, 0.2) is 0 Å². The molecule has 4 rings (SSSR count). The van der Waals surface area contributed by atoms with Crippen molar-refractivity contribution in [2.75, 3.05) is 32.7 Å². The lowest BCUT2D eigenvalue weighted by atomic mass is 10.0. The van der Waals surface area contributed by atoms with Crippen LogP contribution in [-0.4, -0.2) is 71.2 Å². The Morgan fingerprint density at radius 3 is 2.13 bits per heavy atom. The molecular weight excluding hydrogens is 398 g/mol. The highest BCUT2D eigenvalue weighted by molar-refractivity contribution is 7.09. The van der Waals surface area contributed by atoms with E-state index in [1.54, 1.807) is 35.6 Å². The molecule has 1 fully saturated rings. The third-order valence-electron chi connectivity index (χ3n) is 5.93. The molecule has 1 aromatic carbocycles. The molecule has 0 aliphatic carbocycles. The topological polar surface area (TPSA) is 60.9 Å². The molecule has 0 bridgehead atoms. The molecule has 30 heavy (non-hydrogen) atoms. The van der Waals surface area contributed by atoms with E-state index in [4.69, 9.17) is 0 Å². The Kier molecular flexibility index (Phi) is 6.01. The van der Waals surface area contributed by atoms with Crippen molar-refractivity contribution >= 4 is 29.1 Å². The quantitative estimate of drug-likeness (QED) is 0.668. The van der Waals surface area contributed by atoms with Crippen molar-refractivity contribution in [2.24, 2.45) is 5.92 Å². The molecule has 1 saturated heterocycles. The fourth-order valence-corrected chi connectivity index (χ4v) is 4.95. The van der Waals surface area contributed by atoms with Crippen molar-refractivity contribution in [2.45, 2.75) is 26.3 Å². The summed E-state index contributed by atoms with van der Waals surface area (Å²) in [4.78, 5) is 46.0. The number of imide groups is 1. The molecule has 1 unspecified atom stereocenters. The highest BCUT2D eigenvalue weighted by Crippen LogP contribution is 2.28. The van der Waals surface area contributed by atoms with Crippen LogP contribution < -0.4 is 0 Å². The number of amides is 3. The van der Waals surface area contributed by atoms with E-state index in [1.807, 2.05) is 18.7 Å². The molecule has 0 spiro atoms. The van der Waals surface area contributed by atoms with E-state index in [9.17, 15) is 14.4 Å². The summed E-state index contributed by atoms with van der Waals surface area (Å²) in [6, 6.07) is 10.3. The van der Waals surface area contributed by atoms with Crippen LogP contribution in [0.3, 0.4) is 0 Å². The van der Waals surface area contributed by atoms with Crippen LogP contribution in [0.15, 0.2) is 41.8 Å². The summed E-state index contributed by atoms with van der Waals surface area (Å²) in [7, 11) is 0. The van der Waals surface area contributed by atoms with Gasteiger partial charge in [-0.15, -0.1) is 11.3 Å². The highest BCUT2D eigenvalue weighted by Gasteiger charge is 2.45. The maximum absolute atomic E-state index is 13.4. The van der Waals surface area contributed by atoms with Gasteiger partial charge < -0.3 is 4.90 Å². The lowest BCUT2D eigenvalue weighted by Gasteiger charge is -2.38. The molecule has 158 valence electrons. The Morgan fingerprint density at radius 1 is 0.967 bits per heavy atom. The standard InChI is InChI=1S/C23H27N3O3S/c1-16(2)20(26-21(27)18-7-3-4-8-19(18)22(26)28)23(29)25-13-11-24(12-14-25)10-9-17-6-5-15-30-17/h3-8,15-16,20H,9-14H2,1-2H3. The maximum atomic E-state index is 13.4. The molecular formula is C23H27N3O3S. The van der Waals surface area contributed by atoms with Crippen molar-refractivity contribution in [1.82, 2.24) is 14.7 Å². The lowest BCUT2D eigenvalue weighted by molar-refractivity contribution is -0.138. The molecule has 7 heteroatoms. The number of benzene rings is 1. The third-order valence-corrected chi connectivity index (χ3v) is 6.86. The summed E-state index contributed by atoms with van der Waals surface area (Å²) in [5.74, 6) is -1.01. The van der Waals surface area contributed by atoms with Gasteiger partial charge in [0.2, 0.25) is 5.91 Å². The van der Waals surface area contributed by atoms with Gasteiger partial charge in [-0.1, -0.05) is 32.0 Å². The van der Waals surface area contributed by atoms with Gasteiger partial charge in [0.1, 0.15) is 6.04 Å². The summed E-state index contributed by atoms with van der Waals surface area (Å²) >= 11 is 1.77. The van der Waals surface area contributed by atoms with Gasteiger partial charge in [0.05, 0.1) is 11.1 Å². The van der Waals surface area contributed by atoms with E-state index in [-0.39, 0.29) is 23.6 Å². The van der Waals surface area contributed by atoms with Gasteiger partial charge in [0, 0.05) is 37.6 Å². The molecule has 6 nitrogen and oxygen atoms in total. The summed E-state index contributed by atoms with van der Waals surface area (Å²) in [6.45, 7) is 7.63. The largest absolute Gasteiger partial charge is 0.338 e. The van der Waals surface area contributed by atoms with Crippen LogP contribution in [-0.2, 0) is 11.2 Å². The van der Waals surface area contributed by atoms with Crippen molar-refractivity contribution in [3.8, 4) is 0 Å². The molecule has 3 heterocycles. The second-order valence-corrected chi connectivity index (χ2v) is 9.24. The minimum atomic E-state index is -0.768. The van der Waals surface area contributed by atoms with Crippen LogP contribution in [0.2, 0.25) is 0 Å². The first-order valence-electron chi connectivity index (χ1n) is 10.5. The maximum Gasteiger partial charge on any atom is 0.262 e. The minimum Gasteiger partial charge on any atom is -0.338 e. The Morgan fingerprint density at radius 2 is 1.60 bits per heavy atom. The number of carbonyl (C=O) groups excluding carboxylic acids is 3. The van der Waals surface area contributed by atoms with Gasteiger partial charge >= 0.3 is 0 Å². The Hall–Kier alpha value is -2.51. The van der Waals surface area contributed by atoms with Crippen LogP contribution in [0.5, 0.6) is 0 Å². The van der Waals surface area contributed by atoms with E-state index in [0.717, 1.165) is 26.1 Å². The smallest absolute Gasteiger partial charge is 0.262 e. The molecule has 0 saturated carbocycles. The van der Waals surface area contributed by atoms with Crippen molar-refractivity contribution in [3.05, 3.63) is 57.8 Å². The predicted octanol–water partition coefficient (Wildman–Crippen LogP) is 2.76. The molecule has 2 aromatic rings. The van der Waals surface area contributed by atoms with Crippen molar-refractivity contribution < 1.29 is 14.4 Å². The SMILES string of the molecule is CC(C)C(C(=O)N1CCN(CCc2cccs2)CC1)N1C(=O)c2ccccc2C1=O. The van der Waals surface area contributed by atoms with E-state index < -0.39 is 6.04 Å². The summed E-state index contributed by atoms with van der Waals surface area (Å²) in [5, 5.41) is 2.09. The molecule has 2 aliphatic rings. The van der Waals surface area contributed by atoms with Crippen LogP contribution in [0.25, 0.3) is 0 Å². The van der Waals surface area contributed by atoms with E-state index in [2.05, 4.69) is 22.4 Å². The number of thiophene rings is 1. The zero-order chi connectivity index (χ0) is 21.3. The number of piperazine rings is 1. The van der Waals surface area contributed by atoms with Gasteiger partial charge in [-0.25, -0.2) is 0 Å². The number of hydrogen-bond donors (Lipinski definition) is 0. The Labute approximate surface area is 181 Å². The lowest BCUT2D eigenvalue weighted by Crippen LogP contribution is -2.57.